The Labute approximate surface area is 141 Å². The van der Waals surface area contributed by atoms with Gasteiger partial charge in [-0.15, -0.1) is 12.4 Å². The van der Waals surface area contributed by atoms with E-state index < -0.39 is 0 Å². The predicted octanol–water partition coefficient (Wildman–Crippen LogP) is 3.87. The van der Waals surface area contributed by atoms with E-state index in [-0.39, 0.29) is 24.4 Å². The van der Waals surface area contributed by atoms with Crippen molar-refractivity contribution in [2.45, 2.75) is 26.5 Å². The van der Waals surface area contributed by atoms with E-state index in [1.165, 1.54) is 6.20 Å². The van der Waals surface area contributed by atoms with Gasteiger partial charge in [-0.05, 0) is 43.7 Å². The number of pyridine rings is 1. The van der Waals surface area contributed by atoms with Gasteiger partial charge in [0.05, 0.1) is 16.7 Å². The van der Waals surface area contributed by atoms with Crippen molar-refractivity contribution in [3.05, 3.63) is 58.9 Å². The second-order valence-corrected chi connectivity index (χ2v) is 5.26. The summed E-state index contributed by atoms with van der Waals surface area (Å²) in [4.78, 5) is 15.8. The zero-order chi connectivity index (χ0) is 15.2. The SMILES string of the molecule is CC(C)Oc1ccc(CNC(=O)c2cccnc2)cc1Cl.Cl. The number of ether oxygens (including phenoxy) is 1. The minimum atomic E-state index is -0.165. The van der Waals surface area contributed by atoms with Crippen LogP contribution in [0.5, 0.6) is 5.75 Å². The van der Waals surface area contributed by atoms with Crippen LogP contribution in [0.1, 0.15) is 29.8 Å². The van der Waals surface area contributed by atoms with E-state index in [9.17, 15) is 4.79 Å². The zero-order valence-corrected chi connectivity index (χ0v) is 13.9. The maximum absolute atomic E-state index is 11.9. The first-order valence-electron chi connectivity index (χ1n) is 6.69. The standard InChI is InChI=1S/C16H17ClN2O2.ClH/c1-11(2)21-15-6-5-12(8-14(15)17)9-19-16(20)13-4-3-7-18-10-13;/h3-8,10-11H,9H2,1-2H3,(H,19,20);1H. The van der Waals surface area contributed by atoms with Crippen molar-refractivity contribution in [2.24, 2.45) is 0 Å². The lowest BCUT2D eigenvalue weighted by Crippen LogP contribution is -2.22. The lowest BCUT2D eigenvalue weighted by atomic mass is 10.2. The average Bonchev–Trinajstić information content (AvgIpc) is 2.48. The number of amides is 1. The topological polar surface area (TPSA) is 51.2 Å². The molecule has 2 aromatic rings. The van der Waals surface area contributed by atoms with Gasteiger partial charge in [-0.2, -0.15) is 0 Å². The maximum atomic E-state index is 11.9. The van der Waals surface area contributed by atoms with E-state index in [0.717, 1.165) is 5.56 Å². The van der Waals surface area contributed by atoms with E-state index in [1.54, 1.807) is 24.4 Å². The molecule has 0 aliphatic carbocycles. The van der Waals surface area contributed by atoms with Crippen LogP contribution in [0.3, 0.4) is 0 Å². The molecule has 0 spiro atoms. The fourth-order valence-corrected chi connectivity index (χ4v) is 2.03. The Morgan fingerprint density at radius 1 is 1.36 bits per heavy atom. The summed E-state index contributed by atoms with van der Waals surface area (Å²) in [6, 6.07) is 8.93. The monoisotopic (exact) mass is 340 g/mol. The first-order chi connectivity index (χ1) is 10.1. The van der Waals surface area contributed by atoms with E-state index in [1.807, 2.05) is 26.0 Å². The molecule has 1 heterocycles. The number of carbonyl (C=O) groups excluding carboxylic acids is 1. The molecule has 4 nitrogen and oxygen atoms in total. The van der Waals surface area contributed by atoms with Crippen LogP contribution in [-0.2, 0) is 6.54 Å². The Morgan fingerprint density at radius 2 is 2.14 bits per heavy atom. The molecule has 0 radical (unpaired) electrons. The predicted molar refractivity (Wildman–Crippen MR) is 89.9 cm³/mol. The third-order valence-corrected chi connectivity index (χ3v) is 3.03. The van der Waals surface area contributed by atoms with Crippen molar-refractivity contribution in [1.82, 2.24) is 10.3 Å². The summed E-state index contributed by atoms with van der Waals surface area (Å²) < 4.78 is 5.57. The van der Waals surface area contributed by atoms with Gasteiger partial charge < -0.3 is 10.1 Å². The summed E-state index contributed by atoms with van der Waals surface area (Å²) >= 11 is 6.16. The van der Waals surface area contributed by atoms with Gasteiger partial charge in [-0.3, -0.25) is 9.78 Å². The Balaban J connectivity index is 0.00000242. The van der Waals surface area contributed by atoms with Crippen LogP contribution in [0.2, 0.25) is 5.02 Å². The van der Waals surface area contributed by atoms with Crippen LogP contribution < -0.4 is 10.1 Å². The number of rotatable bonds is 5. The third kappa shape index (κ3) is 5.20. The highest BCUT2D eigenvalue weighted by Crippen LogP contribution is 2.26. The molecule has 2 rings (SSSR count). The van der Waals surface area contributed by atoms with Crippen molar-refractivity contribution in [3.8, 4) is 5.75 Å². The minimum Gasteiger partial charge on any atom is -0.489 e. The summed E-state index contributed by atoms with van der Waals surface area (Å²) in [5.74, 6) is 0.482. The minimum absolute atomic E-state index is 0. The van der Waals surface area contributed by atoms with E-state index in [4.69, 9.17) is 16.3 Å². The summed E-state index contributed by atoms with van der Waals surface area (Å²) in [5, 5.41) is 3.36. The molecule has 0 atom stereocenters. The van der Waals surface area contributed by atoms with Crippen LogP contribution in [0.4, 0.5) is 0 Å². The summed E-state index contributed by atoms with van der Waals surface area (Å²) in [6.07, 6.45) is 3.23. The second kappa shape index (κ2) is 8.61. The highest BCUT2D eigenvalue weighted by Gasteiger charge is 2.07. The number of aromatic nitrogens is 1. The molecule has 1 N–H and O–H groups in total. The number of nitrogens with one attached hydrogen (secondary N) is 1. The fourth-order valence-electron chi connectivity index (χ4n) is 1.79. The van der Waals surface area contributed by atoms with Gasteiger partial charge >= 0.3 is 0 Å². The molecule has 0 saturated heterocycles. The van der Waals surface area contributed by atoms with Crippen LogP contribution in [0.15, 0.2) is 42.7 Å². The van der Waals surface area contributed by atoms with Crippen molar-refractivity contribution >= 4 is 29.9 Å². The Hall–Kier alpha value is -1.78. The van der Waals surface area contributed by atoms with Crippen molar-refractivity contribution in [2.75, 3.05) is 0 Å². The molecule has 6 heteroatoms. The van der Waals surface area contributed by atoms with Crippen LogP contribution in [0, 0.1) is 0 Å². The van der Waals surface area contributed by atoms with Gasteiger partial charge in [0.2, 0.25) is 0 Å². The quantitative estimate of drug-likeness (QED) is 0.898. The van der Waals surface area contributed by atoms with E-state index in [0.29, 0.717) is 22.9 Å². The number of hydrogen-bond donors (Lipinski definition) is 1. The lowest BCUT2D eigenvalue weighted by molar-refractivity contribution is 0.0950. The fraction of sp³-hybridized carbons (Fsp3) is 0.250. The van der Waals surface area contributed by atoms with Gasteiger partial charge in [0.15, 0.2) is 0 Å². The molecule has 0 aliphatic rings. The zero-order valence-electron chi connectivity index (χ0n) is 12.4. The molecule has 1 aromatic carbocycles. The summed E-state index contributed by atoms with van der Waals surface area (Å²) in [7, 11) is 0. The van der Waals surface area contributed by atoms with Crippen molar-refractivity contribution < 1.29 is 9.53 Å². The average molecular weight is 341 g/mol. The molecule has 118 valence electrons. The Kier molecular flexibility index (Phi) is 7.15. The smallest absolute Gasteiger partial charge is 0.253 e. The molecular formula is C16H18Cl2N2O2. The third-order valence-electron chi connectivity index (χ3n) is 2.74. The molecular weight excluding hydrogens is 323 g/mol. The highest BCUT2D eigenvalue weighted by molar-refractivity contribution is 6.32. The Morgan fingerprint density at radius 3 is 2.73 bits per heavy atom. The van der Waals surface area contributed by atoms with Crippen molar-refractivity contribution in [1.29, 1.82) is 0 Å². The number of benzene rings is 1. The van der Waals surface area contributed by atoms with Gasteiger partial charge in [-0.25, -0.2) is 0 Å². The van der Waals surface area contributed by atoms with Crippen molar-refractivity contribution in [3.63, 3.8) is 0 Å². The first kappa shape index (κ1) is 18.3. The maximum Gasteiger partial charge on any atom is 0.253 e. The number of carbonyl (C=O) groups is 1. The van der Waals surface area contributed by atoms with Crippen LogP contribution >= 0.6 is 24.0 Å². The van der Waals surface area contributed by atoms with Gasteiger partial charge in [0.1, 0.15) is 5.75 Å². The summed E-state index contributed by atoms with van der Waals surface area (Å²) in [6.45, 7) is 4.28. The molecule has 1 aromatic heterocycles. The molecule has 0 bridgehead atoms. The molecule has 0 unspecified atom stereocenters. The van der Waals surface area contributed by atoms with Gasteiger partial charge in [0, 0.05) is 18.9 Å². The number of halogens is 2. The first-order valence-corrected chi connectivity index (χ1v) is 7.07. The molecule has 22 heavy (non-hydrogen) atoms. The van der Waals surface area contributed by atoms with Gasteiger partial charge in [0.25, 0.3) is 5.91 Å². The van der Waals surface area contributed by atoms with E-state index in [2.05, 4.69) is 10.3 Å². The normalized spacial score (nSPS) is 10.0. The summed E-state index contributed by atoms with van der Waals surface area (Å²) in [5.41, 5.74) is 1.44. The molecule has 0 fully saturated rings. The van der Waals surface area contributed by atoms with Gasteiger partial charge in [-0.1, -0.05) is 17.7 Å². The molecule has 0 aliphatic heterocycles. The largest absolute Gasteiger partial charge is 0.489 e. The van der Waals surface area contributed by atoms with E-state index >= 15 is 0 Å². The second-order valence-electron chi connectivity index (χ2n) is 4.86. The molecule has 0 saturated carbocycles. The van der Waals surface area contributed by atoms with Crippen LogP contribution in [-0.4, -0.2) is 17.0 Å². The number of hydrogen-bond acceptors (Lipinski definition) is 3. The van der Waals surface area contributed by atoms with Crippen LogP contribution in [0.25, 0.3) is 0 Å². The highest BCUT2D eigenvalue weighted by atomic mass is 35.5. The lowest BCUT2D eigenvalue weighted by Gasteiger charge is -2.12. The Bertz CT molecular complexity index is 619. The number of nitrogens with zero attached hydrogens (tertiary/aromatic N) is 1. The molecule has 1 amide bonds.